The van der Waals surface area contributed by atoms with Crippen LogP contribution in [0.1, 0.15) is 88.0 Å². The molecular weight excluding hydrogens is 372 g/mol. The van der Waals surface area contributed by atoms with E-state index in [2.05, 4.69) is 94.0 Å². The minimum Gasteiger partial charge on any atom is -0.315 e. The lowest BCUT2D eigenvalue weighted by Gasteiger charge is -2.22. The van der Waals surface area contributed by atoms with Gasteiger partial charge < -0.3 is 5.32 Å². The topological polar surface area (TPSA) is 24.1 Å². The molecule has 0 aliphatic carbocycles. The van der Waals surface area contributed by atoms with Crippen LogP contribution in [0.5, 0.6) is 0 Å². The van der Waals surface area contributed by atoms with Crippen molar-refractivity contribution in [3.8, 4) is 0 Å². The highest BCUT2D eigenvalue weighted by Crippen LogP contribution is 2.37. The van der Waals surface area contributed by atoms with E-state index in [4.69, 9.17) is 0 Å². The zero-order chi connectivity index (χ0) is 21.2. The van der Waals surface area contributed by atoms with E-state index in [9.17, 15) is 0 Å². The molecule has 0 radical (unpaired) electrons. The quantitative estimate of drug-likeness (QED) is 0.293. The Morgan fingerprint density at radius 1 is 0.759 bits per heavy atom. The predicted octanol–water partition coefficient (Wildman–Crippen LogP) is 6.88. The molecule has 0 aliphatic heterocycles. The van der Waals surface area contributed by atoms with Gasteiger partial charge in [-0.3, -0.25) is 4.72 Å². The molecule has 2 rings (SSSR count). The van der Waals surface area contributed by atoms with Gasteiger partial charge in [-0.25, -0.2) is 0 Å². The van der Waals surface area contributed by atoms with E-state index in [-0.39, 0.29) is 0 Å². The van der Waals surface area contributed by atoms with E-state index in [0.717, 1.165) is 26.1 Å². The normalized spacial score (nSPS) is 11.8. The third kappa shape index (κ3) is 7.81. The van der Waals surface area contributed by atoms with Crippen LogP contribution >= 0.6 is 11.9 Å². The van der Waals surface area contributed by atoms with Crippen molar-refractivity contribution in [3.05, 3.63) is 64.7 Å². The molecule has 0 unspecified atom stereocenters. The molecule has 2 nitrogen and oxygen atoms in total. The minimum atomic E-state index is 0.534. The van der Waals surface area contributed by atoms with Crippen molar-refractivity contribution in [2.24, 2.45) is 0 Å². The van der Waals surface area contributed by atoms with Gasteiger partial charge in [0.2, 0.25) is 0 Å². The molecule has 2 aromatic carbocycles. The minimum absolute atomic E-state index is 0.534. The van der Waals surface area contributed by atoms with E-state index in [1.165, 1.54) is 33.6 Å². The maximum Gasteiger partial charge on any atom is 0.0297 e. The lowest BCUT2D eigenvalue weighted by molar-refractivity contribution is 0.644. The van der Waals surface area contributed by atoms with Crippen LogP contribution in [-0.4, -0.2) is 19.6 Å². The first-order valence-electron chi connectivity index (χ1n) is 11.2. The monoisotopic (exact) mass is 412 g/mol. The molecule has 3 heteroatoms. The van der Waals surface area contributed by atoms with Crippen molar-refractivity contribution in [3.63, 3.8) is 0 Å². The number of rotatable bonds is 12. The molecule has 2 aromatic rings. The number of aryl methyl sites for hydroxylation is 1. The summed E-state index contributed by atoms with van der Waals surface area (Å²) >= 11 is 1.82. The SMILES string of the molecule is CC(C)c1cc(C(C)C)c(SNCCNCCCc2ccccc2)c(C(C)C)c1. The van der Waals surface area contributed by atoms with Crippen LogP contribution in [0.4, 0.5) is 0 Å². The Labute approximate surface area is 183 Å². The smallest absolute Gasteiger partial charge is 0.0297 e. The van der Waals surface area contributed by atoms with Crippen LogP contribution in [-0.2, 0) is 6.42 Å². The Kier molecular flexibility index (Phi) is 10.3. The Morgan fingerprint density at radius 3 is 1.93 bits per heavy atom. The Bertz CT molecular complexity index is 694. The number of hydrogen-bond acceptors (Lipinski definition) is 3. The van der Waals surface area contributed by atoms with Gasteiger partial charge in [0.15, 0.2) is 0 Å². The first kappa shape index (κ1) is 24.0. The summed E-state index contributed by atoms with van der Waals surface area (Å²) in [5.41, 5.74) is 5.85. The van der Waals surface area contributed by atoms with Gasteiger partial charge in [0.1, 0.15) is 0 Å². The average molecular weight is 413 g/mol. The van der Waals surface area contributed by atoms with Crippen LogP contribution in [0.2, 0.25) is 0 Å². The molecule has 160 valence electrons. The average Bonchev–Trinajstić information content (AvgIpc) is 2.70. The molecule has 0 saturated carbocycles. The van der Waals surface area contributed by atoms with E-state index in [1.807, 2.05) is 11.9 Å². The molecule has 0 saturated heterocycles. The van der Waals surface area contributed by atoms with Crippen molar-refractivity contribution in [1.29, 1.82) is 0 Å². The van der Waals surface area contributed by atoms with Gasteiger partial charge in [0.25, 0.3) is 0 Å². The van der Waals surface area contributed by atoms with E-state index in [1.54, 1.807) is 0 Å². The fourth-order valence-corrected chi connectivity index (χ4v) is 4.63. The standard InChI is InChI=1S/C26H40N2S/c1-19(2)23-17-24(20(3)4)26(25(18-23)21(5)6)29-28-16-15-27-14-10-13-22-11-8-7-9-12-22/h7-9,11-12,17-21,27-28H,10,13-16H2,1-6H3. The number of hydrogen-bond donors (Lipinski definition) is 2. The van der Waals surface area contributed by atoms with Crippen LogP contribution in [0.15, 0.2) is 47.4 Å². The van der Waals surface area contributed by atoms with Crippen LogP contribution in [0.3, 0.4) is 0 Å². The maximum absolute atomic E-state index is 3.60. The lowest BCUT2D eigenvalue weighted by atomic mass is 9.89. The molecule has 0 aromatic heterocycles. The largest absolute Gasteiger partial charge is 0.315 e. The molecule has 0 aliphatic rings. The second-order valence-corrected chi connectivity index (χ2v) is 9.73. The Balaban J connectivity index is 1.83. The van der Waals surface area contributed by atoms with Crippen molar-refractivity contribution in [2.45, 2.75) is 77.0 Å². The van der Waals surface area contributed by atoms with E-state index in [0.29, 0.717) is 17.8 Å². The Morgan fingerprint density at radius 2 is 1.38 bits per heavy atom. The molecule has 29 heavy (non-hydrogen) atoms. The lowest BCUT2D eigenvalue weighted by Crippen LogP contribution is -2.25. The summed E-state index contributed by atoms with van der Waals surface area (Å²) in [6, 6.07) is 15.6. The maximum atomic E-state index is 3.60. The zero-order valence-electron chi connectivity index (χ0n) is 19.2. The van der Waals surface area contributed by atoms with Gasteiger partial charge >= 0.3 is 0 Å². The van der Waals surface area contributed by atoms with Gasteiger partial charge in [0.05, 0.1) is 0 Å². The fraction of sp³-hybridized carbons (Fsp3) is 0.538. The van der Waals surface area contributed by atoms with E-state index < -0.39 is 0 Å². The van der Waals surface area contributed by atoms with Gasteiger partial charge in [0, 0.05) is 18.0 Å². The second kappa shape index (κ2) is 12.4. The summed E-state index contributed by atoms with van der Waals surface area (Å²) in [7, 11) is 0. The predicted molar refractivity (Wildman–Crippen MR) is 130 cm³/mol. The van der Waals surface area contributed by atoms with Crippen LogP contribution < -0.4 is 10.0 Å². The Hall–Kier alpha value is -1.29. The summed E-state index contributed by atoms with van der Waals surface area (Å²) < 4.78 is 3.60. The molecule has 0 amide bonds. The first-order valence-corrected chi connectivity index (χ1v) is 12.0. The zero-order valence-corrected chi connectivity index (χ0v) is 20.0. The number of nitrogens with one attached hydrogen (secondary N) is 2. The molecular formula is C26H40N2S. The third-order valence-corrected chi connectivity index (χ3v) is 6.34. The van der Waals surface area contributed by atoms with Crippen LogP contribution in [0, 0.1) is 0 Å². The van der Waals surface area contributed by atoms with E-state index >= 15 is 0 Å². The summed E-state index contributed by atoms with van der Waals surface area (Å²) in [5.74, 6) is 1.63. The third-order valence-electron chi connectivity index (χ3n) is 5.32. The molecule has 0 atom stereocenters. The van der Waals surface area contributed by atoms with Crippen molar-refractivity contribution in [2.75, 3.05) is 19.6 Å². The van der Waals surface area contributed by atoms with Gasteiger partial charge in [-0.1, -0.05) is 84.0 Å². The summed E-state index contributed by atoms with van der Waals surface area (Å²) in [5, 5.41) is 3.56. The molecule has 0 heterocycles. The van der Waals surface area contributed by atoms with Gasteiger partial charge in [-0.2, -0.15) is 0 Å². The van der Waals surface area contributed by atoms with Crippen molar-refractivity contribution < 1.29 is 0 Å². The molecule has 0 bridgehead atoms. The number of benzene rings is 2. The first-order chi connectivity index (χ1) is 13.9. The van der Waals surface area contributed by atoms with Gasteiger partial charge in [-0.05, 0) is 71.3 Å². The second-order valence-electron chi connectivity index (χ2n) is 8.83. The molecule has 0 spiro atoms. The highest BCUT2D eigenvalue weighted by molar-refractivity contribution is 7.97. The summed E-state index contributed by atoms with van der Waals surface area (Å²) in [6.07, 6.45) is 2.33. The van der Waals surface area contributed by atoms with Crippen LogP contribution in [0.25, 0.3) is 0 Å². The fourth-order valence-electron chi connectivity index (χ4n) is 3.46. The summed E-state index contributed by atoms with van der Waals surface area (Å²) in [6.45, 7) is 16.8. The highest BCUT2D eigenvalue weighted by atomic mass is 32.2. The molecule has 0 fully saturated rings. The van der Waals surface area contributed by atoms with Gasteiger partial charge in [-0.15, -0.1) is 0 Å². The van der Waals surface area contributed by atoms with Crippen molar-refractivity contribution in [1.82, 2.24) is 10.0 Å². The molecule has 2 N–H and O–H groups in total. The summed E-state index contributed by atoms with van der Waals surface area (Å²) in [4.78, 5) is 1.43. The van der Waals surface area contributed by atoms with Crippen molar-refractivity contribution >= 4 is 11.9 Å². The highest BCUT2D eigenvalue weighted by Gasteiger charge is 2.17.